The lowest BCUT2D eigenvalue weighted by Crippen LogP contribution is -2.43. The summed E-state index contributed by atoms with van der Waals surface area (Å²) in [6.07, 6.45) is 1.83. The molecule has 2 aliphatic rings. The minimum atomic E-state index is -0.620. The smallest absolute Gasteiger partial charge is 0.323 e. The van der Waals surface area contributed by atoms with E-state index in [0.717, 1.165) is 16.7 Å². The fourth-order valence-corrected chi connectivity index (χ4v) is 4.02. The number of carbonyl (C=O) groups excluding carboxylic acids is 1. The maximum Gasteiger partial charge on any atom is 0.323 e. The molecule has 2 heterocycles. The van der Waals surface area contributed by atoms with Crippen LogP contribution in [0.2, 0.25) is 0 Å². The van der Waals surface area contributed by atoms with E-state index in [1.807, 2.05) is 43.3 Å². The number of nitro groups is 1. The first-order valence-corrected chi connectivity index (χ1v) is 9.78. The molecule has 2 aliphatic heterocycles. The van der Waals surface area contributed by atoms with E-state index in [4.69, 9.17) is 4.74 Å². The molecule has 0 bridgehead atoms. The van der Waals surface area contributed by atoms with Crippen LogP contribution < -0.4 is 0 Å². The quantitative estimate of drug-likeness (QED) is 0.418. The summed E-state index contributed by atoms with van der Waals surface area (Å²) in [5, 5.41) is 10.9. The van der Waals surface area contributed by atoms with Crippen molar-refractivity contribution >= 4 is 17.5 Å². The van der Waals surface area contributed by atoms with Gasteiger partial charge in [0.1, 0.15) is 5.76 Å². The van der Waals surface area contributed by atoms with E-state index in [0.29, 0.717) is 12.2 Å². The zero-order valence-electron chi connectivity index (χ0n) is 16.9. The third-order valence-corrected chi connectivity index (χ3v) is 5.78. The molecule has 4 rings (SSSR count). The molecular weight excluding hydrogens is 382 g/mol. The van der Waals surface area contributed by atoms with Crippen molar-refractivity contribution in [3.63, 3.8) is 0 Å². The summed E-state index contributed by atoms with van der Waals surface area (Å²) >= 11 is 0. The van der Waals surface area contributed by atoms with Crippen LogP contribution in [-0.4, -0.2) is 40.1 Å². The molecular formula is C23H23N3O4. The summed E-state index contributed by atoms with van der Waals surface area (Å²) in [4.78, 5) is 27.1. The van der Waals surface area contributed by atoms with Crippen molar-refractivity contribution in [2.75, 3.05) is 7.05 Å². The topological polar surface area (TPSA) is 75.9 Å². The van der Waals surface area contributed by atoms with Crippen LogP contribution >= 0.6 is 0 Å². The van der Waals surface area contributed by atoms with Gasteiger partial charge in [-0.3, -0.25) is 15.0 Å². The normalized spacial score (nSPS) is 23.9. The first-order valence-electron chi connectivity index (χ1n) is 9.78. The molecule has 0 saturated carbocycles. The number of carbonyl (C=O) groups is 1. The van der Waals surface area contributed by atoms with Crippen molar-refractivity contribution in [1.82, 2.24) is 9.80 Å². The summed E-state index contributed by atoms with van der Waals surface area (Å²) in [6, 6.07) is 15.8. The van der Waals surface area contributed by atoms with Gasteiger partial charge in [-0.2, -0.15) is 0 Å². The number of urea groups is 1. The van der Waals surface area contributed by atoms with Crippen LogP contribution in [0.25, 0.3) is 5.76 Å². The average molecular weight is 405 g/mol. The van der Waals surface area contributed by atoms with Crippen molar-refractivity contribution < 1.29 is 14.5 Å². The number of ether oxygens (including phenoxy) is 1. The summed E-state index contributed by atoms with van der Waals surface area (Å²) in [7, 11) is 1.79. The Bertz CT molecular complexity index is 1020. The molecule has 7 heteroatoms. The summed E-state index contributed by atoms with van der Waals surface area (Å²) in [6.45, 7) is 6.17. The van der Waals surface area contributed by atoms with Crippen LogP contribution in [-0.2, 0) is 4.74 Å². The van der Waals surface area contributed by atoms with Crippen molar-refractivity contribution in [1.29, 1.82) is 0 Å². The van der Waals surface area contributed by atoms with E-state index >= 15 is 0 Å². The zero-order chi connectivity index (χ0) is 21.4. The van der Waals surface area contributed by atoms with E-state index in [1.54, 1.807) is 29.0 Å². The molecule has 0 aromatic heterocycles. The van der Waals surface area contributed by atoms with Gasteiger partial charge in [0.25, 0.3) is 5.69 Å². The number of hydrogen-bond acceptors (Lipinski definition) is 4. The Kier molecular flexibility index (Phi) is 5.03. The number of hydrogen-bond donors (Lipinski definition) is 0. The summed E-state index contributed by atoms with van der Waals surface area (Å²) in [5.41, 5.74) is 2.57. The number of nitro benzene ring substituents is 1. The van der Waals surface area contributed by atoms with Gasteiger partial charge in [-0.15, -0.1) is 0 Å². The molecule has 1 saturated heterocycles. The van der Waals surface area contributed by atoms with Crippen LogP contribution in [0.1, 0.15) is 30.5 Å². The van der Waals surface area contributed by atoms with E-state index < -0.39 is 11.2 Å². The standard InChI is InChI=1S/C23H23N3O4/c1-15-9-14-20(17-10-12-19(13-11-17)26(28)29)30-22(15)25-21(16(2)24(3)23(25)27)18-7-5-4-6-8-18/h4-8,10-14,16,21-22H,1,9H2,2-3H3/t16-,21-,22-/m0/s1. The molecule has 0 radical (unpaired) electrons. The van der Waals surface area contributed by atoms with Crippen molar-refractivity contribution in [3.05, 3.63) is 94.1 Å². The van der Waals surface area contributed by atoms with Gasteiger partial charge in [-0.1, -0.05) is 36.9 Å². The van der Waals surface area contributed by atoms with Crippen molar-refractivity contribution in [2.24, 2.45) is 0 Å². The predicted octanol–water partition coefficient (Wildman–Crippen LogP) is 4.74. The van der Waals surface area contributed by atoms with E-state index in [1.165, 1.54) is 12.1 Å². The van der Waals surface area contributed by atoms with Crippen LogP contribution in [0.15, 0.2) is 72.8 Å². The minimum Gasteiger partial charge on any atom is -0.466 e. The van der Waals surface area contributed by atoms with Gasteiger partial charge in [0.2, 0.25) is 0 Å². The second kappa shape index (κ2) is 7.67. The molecule has 0 spiro atoms. The molecule has 3 atom stereocenters. The molecule has 2 amide bonds. The van der Waals surface area contributed by atoms with E-state index in [2.05, 4.69) is 6.58 Å². The largest absolute Gasteiger partial charge is 0.466 e. The second-order valence-corrected chi connectivity index (χ2v) is 7.60. The number of non-ortho nitro benzene ring substituents is 1. The fraction of sp³-hybridized carbons (Fsp3) is 0.261. The Hall–Kier alpha value is -3.61. The molecule has 2 aromatic carbocycles. The van der Waals surface area contributed by atoms with Gasteiger partial charge in [0, 0.05) is 24.7 Å². The van der Waals surface area contributed by atoms with Crippen molar-refractivity contribution in [3.8, 4) is 0 Å². The number of allylic oxidation sites excluding steroid dienone is 1. The maximum absolute atomic E-state index is 13.1. The third-order valence-electron chi connectivity index (χ3n) is 5.78. The number of rotatable bonds is 4. The first kappa shape index (κ1) is 19.7. The highest BCUT2D eigenvalue weighted by molar-refractivity contribution is 5.79. The van der Waals surface area contributed by atoms with Gasteiger partial charge in [0.15, 0.2) is 6.23 Å². The number of likely N-dealkylation sites (N-methyl/N-ethyl adjacent to an activating group) is 1. The lowest BCUT2D eigenvalue weighted by Gasteiger charge is -2.37. The molecule has 2 aromatic rings. The second-order valence-electron chi connectivity index (χ2n) is 7.60. The number of amides is 2. The Morgan fingerprint density at radius 1 is 1.13 bits per heavy atom. The van der Waals surface area contributed by atoms with Crippen LogP contribution in [0, 0.1) is 10.1 Å². The predicted molar refractivity (Wildman–Crippen MR) is 113 cm³/mol. The summed E-state index contributed by atoms with van der Waals surface area (Å²) < 4.78 is 6.26. The van der Waals surface area contributed by atoms with Gasteiger partial charge in [-0.25, -0.2) is 4.79 Å². The molecule has 154 valence electrons. The molecule has 7 nitrogen and oxygen atoms in total. The molecule has 0 aliphatic carbocycles. The minimum absolute atomic E-state index is 0.0189. The van der Waals surface area contributed by atoms with Gasteiger partial charge >= 0.3 is 6.03 Å². The highest BCUT2D eigenvalue weighted by Crippen LogP contribution is 2.41. The average Bonchev–Trinajstić information content (AvgIpc) is 2.98. The lowest BCUT2D eigenvalue weighted by molar-refractivity contribution is -0.384. The third kappa shape index (κ3) is 3.32. The molecule has 30 heavy (non-hydrogen) atoms. The zero-order valence-corrected chi connectivity index (χ0v) is 16.9. The van der Waals surface area contributed by atoms with Crippen molar-refractivity contribution in [2.45, 2.75) is 31.7 Å². The SMILES string of the molecule is C=C1CC=C(c2ccc([N+](=O)[O-])cc2)O[C@@H]1N1C(=O)N(C)[C@@H](C)[C@H]1c1ccccc1. The van der Waals surface area contributed by atoms with Gasteiger partial charge in [0.05, 0.1) is 17.0 Å². The Balaban J connectivity index is 1.66. The van der Waals surface area contributed by atoms with Crippen LogP contribution in [0.5, 0.6) is 0 Å². The Labute approximate surface area is 175 Å². The number of benzene rings is 2. The lowest BCUT2D eigenvalue weighted by atomic mass is 9.98. The summed E-state index contributed by atoms with van der Waals surface area (Å²) in [5.74, 6) is 0.587. The first-order chi connectivity index (χ1) is 14.4. The van der Waals surface area contributed by atoms with Crippen LogP contribution in [0.4, 0.5) is 10.5 Å². The van der Waals surface area contributed by atoms with Crippen LogP contribution in [0.3, 0.4) is 0 Å². The van der Waals surface area contributed by atoms with E-state index in [-0.39, 0.29) is 23.8 Å². The highest BCUT2D eigenvalue weighted by atomic mass is 16.6. The van der Waals surface area contributed by atoms with E-state index in [9.17, 15) is 14.9 Å². The number of nitrogens with zero attached hydrogens (tertiary/aromatic N) is 3. The molecule has 0 N–H and O–H groups in total. The van der Waals surface area contributed by atoms with Gasteiger partial charge in [-0.05, 0) is 42.7 Å². The monoisotopic (exact) mass is 405 g/mol. The Morgan fingerprint density at radius 2 is 1.80 bits per heavy atom. The molecule has 1 fully saturated rings. The van der Waals surface area contributed by atoms with Gasteiger partial charge < -0.3 is 9.64 Å². The highest BCUT2D eigenvalue weighted by Gasteiger charge is 2.47. The molecule has 0 unspecified atom stereocenters. The Morgan fingerprint density at radius 3 is 2.43 bits per heavy atom. The fourth-order valence-electron chi connectivity index (χ4n) is 4.02. The maximum atomic E-state index is 13.1.